The third-order valence-electron chi connectivity index (χ3n) is 2.26. The first-order valence-corrected chi connectivity index (χ1v) is 6.11. The van der Waals surface area contributed by atoms with Gasteiger partial charge in [0.1, 0.15) is 5.15 Å². The molecule has 0 aliphatic heterocycles. The second-order valence-electron chi connectivity index (χ2n) is 3.81. The zero-order chi connectivity index (χ0) is 14.4. The minimum absolute atomic E-state index is 0.435. The normalized spacial score (nSPS) is 9.65. The van der Waals surface area contributed by atoms with Gasteiger partial charge in [-0.05, 0) is 24.3 Å². The lowest BCUT2D eigenvalue weighted by atomic mass is 10.4. The molecule has 0 bridgehead atoms. The van der Waals surface area contributed by atoms with Gasteiger partial charge < -0.3 is 11.5 Å². The molecule has 7 heteroatoms. The van der Waals surface area contributed by atoms with E-state index in [9.17, 15) is 0 Å². The van der Waals surface area contributed by atoms with Gasteiger partial charge in [-0.1, -0.05) is 11.6 Å². The Balaban J connectivity index is 0.000000160. The van der Waals surface area contributed by atoms with Crippen LogP contribution in [-0.2, 0) is 0 Å². The van der Waals surface area contributed by atoms with E-state index in [1.807, 2.05) is 12.3 Å². The van der Waals surface area contributed by atoms with Crippen molar-refractivity contribution < 1.29 is 0 Å². The summed E-state index contributed by atoms with van der Waals surface area (Å²) < 4.78 is 1.66. The summed E-state index contributed by atoms with van der Waals surface area (Å²) in [6, 6.07) is 8.64. The van der Waals surface area contributed by atoms with Crippen LogP contribution in [0.1, 0.15) is 0 Å². The summed E-state index contributed by atoms with van der Waals surface area (Å²) in [5.41, 5.74) is 12.3. The molecule has 6 nitrogen and oxygen atoms in total. The molecule has 0 amide bonds. The maximum atomic E-state index is 5.58. The highest BCUT2D eigenvalue weighted by Gasteiger charge is 1.95. The molecule has 0 fully saturated rings. The van der Waals surface area contributed by atoms with E-state index in [2.05, 4.69) is 15.1 Å². The van der Waals surface area contributed by atoms with Crippen molar-refractivity contribution in [3.63, 3.8) is 0 Å². The Hall–Kier alpha value is -2.60. The van der Waals surface area contributed by atoms with Crippen LogP contribution in [0.3, 0.4) is 0 Å². The number of anilines is 2. The van der Waals surface area contributed by atoms with E-state index in [1.165, 1.54) is 0 Å². The van der Waals surface area contributed by atoms with Crippen molar-refractivity contribution in [2.24, 2.45) is 0 Å². The molecule has 0 aromatic carbocycles. The van der Waals surface area contributed by atoms with Gasteiger partial charge in [0.05, 0.1) is 0 Å². The summed E-state index contributed by atoms with van der Waals surface area (Å²) in [7, 11) is 0. The van der Waals surface area contributed by atoms with Gasteiger partial charge >= 0.3 is 0 Å². The highest BCUT2D eigenvalue weighted by molar-refractivity contribution is 6.29. The Bertz CT molecular complexity index is 651. The second-order valence-corrected chi connectivity index (χ2v) is 4.20. The van der Waals surface area contributed by atoms with Gasteiger partial charge in [-0.25, -0.2) is 14.6 Å². The fourth-order valence-electron chi connectivity index (χ4n) is 1.38. The maximum Gasteiger partial charge on any atom is 0.155 e. The predicted molar refractivity (Wildman–Crippen MR) is 79.4 cm³/mol. The van der Waals surface area contributed by atoms with Gasteiger partial charge in [0.2, 0.25) is 0 Å². The van der Waals surface area contributed by atoms with Gasteiger partial charge in [0.15, 0.2) is 5.82 Å². The molecule has 0 spiro atoms. The molecule has 0 atom stereocenters. The van der Waals surface area contributed by atoms with E-state index in [-0.39, 0.29) is 0 Å². The number of nitrogen functional groups attached to an aromatic ring is 2. The molecule has 0 saturated heterocycles. The summed E-state index contributed by atoms with van der Waals surface area (Å²) in [4.78, 5) is 7.83. The molecule has 3 heterocycles. The minimum Gasteiger partial charge on any atom is -0.399 e. The van der Waals surface area contributed by atoms with E-state index in [0.29, 0.717) is 16.5 Å². The lowest BCUT2D eigenvalue weighted by Crippen LogP contribution is -1.98. The topological polar surface area (TPSA) is 95.6 Å². The van der Waals surface area contributed by atoms with Crippen LogP contribution < -0.4 is 11.5 Å². The molecule has 4 N–H and O–H groups in total. The summed E-state index contributed by atoms with van der Waals surface area (Å²) >= 11 is 5.45. The Labute approximate surface area is 121 Å². The van der Waals surface area contributed by atoms with Gasteiger partial charge in [0.25, 0.3) is 0 Å². The average Bonchev–Trinajstić information content (AvgIpc) is 2.93. The molecule has 0 radical (unpaired) electrons. The molecule has 20 heavy (non-hydrogen) atoms. The van der Waals surface area contributed by atoms with Gasteiger partial charge in [0, 0.05) is 42.2 Å². The van der Waals surface area contributed by atoms with Gasteiger partial charge in [-0.15, -0.1) is 0 Å². The first-order valence-electron chi connectivity index (χ1n) is 5.74. The van der Waals surface area contributed by atoms with Crippen molar-refractivity contribution in [1.29, 1.82) is 0 Å². The van der Waals surface area contributed by atoms with Crippen LogP contribution in [0.2, 0.25) is 5.15 Å². The van der Waals surface area contributed by atoms with Crippen LogP contribution in [0.5, 0.6) is 0 Å². The largest absolute Gasteiger partial charge is 0.399 e. The zero-order valence-electron chi connectivity index (χ0n) is 10.5. The standard InChI is InChI=1S/C8H8N4.C5H5ClN2/c9-7-2-4-10-8(6-7)12-5-1-3-11-12;6-5-3-4(7)1-2-8-5/h1-6H,(H2,9,10);1-3H,(H2,7,8). The first-order chi connectivity index (χ1) is 9.65. The van der Waals surface area contributed by atoms with Crippen LogP contribution in [0.15, 0.2) is 55.1 Å². The number of hydrogen-bond donors (Lipinski definition) is 2. The predicted octanol–water partition coefficient (Wildman–Crippen LogP) is 2.17. The zero-order valence-corrected chi connectivity index (χ0v) is 11.3. The van der Waals surface area contributed by atoms with Gasteiger partial charge in [-0.2, -0.15) is 5.10 Å². The number of halogens is 1. The third kappa shape index (κ3) is 3.96. The van der Waals surface area contributed by atoms with E-state index in [0.717, 1.165) is 5.82 Å². The molecule has 0 unspecified atom stereocenters. The van der Waals surface area contributed by atoms with Crippen LogP contribution in [0.25, 0.3) is 5.82 Å². The van der Waals surface area contributed by atoms with Crippen LogP contribution in [0.4, 0.5) is 11.4 Å². The number of nitrogens with two attached hydrogens (primary N) is 2. The highest BCUT2D eigenvalue weighted by atomic mass is 35.5. The molecule has 3 aromatic heterocycles. The summed E-state index contributed by atoms with van der Waals surface area (Å²) in [6.45, 7) is 0. The van der Waals surface area contributed by atoms with Crippen molar-refractivity contribution in [2.75, 3.05) is 11.5 Å². The highest BCUT2D eigenvalue weighted by Crippen LogP contribution is 2.07. The SMILES string of the molecule is Nc1ccnc(-n2cccn2)c1.Nc1ccnc(Cl)c1. The Morgan fingerprint density at radius 3 is 2.15 bits per heavy atom. The molecular formula is C13H13ClN6. The number of aromatic nitrogens is 4. The fraction of sp³-hybridized carbons (Fsp3) is 0. The van der Waals surface area contributed by atoms with E-state index >= 15 is 0 Å². The molecular weight excluding hydrogens is 276 g/mol. The molecule has 3 aromatic rings. The van der Waals surface area contributed by atoms with Crippen LogP contribution in [-0.4, -0.2) is 19.7 Å². The number of nitrogens with zero attached hydrogens (tertiary/aromatic N) is 4. The smallest absolute Gasteiger partial charge is 0.155 e. The lowest BCUT2D eigenvalue weighted by molar-refractivity contribution is 0.847. The Morgan fingerprint density at radius 1 is 0.950 bits per heavy atom. The number of hydrogen-bond acceptors (Lipinski definition) is 5. The van der Waals surface area contributed by atoms with Crippen molar-refractivity contribution >= 4 is 23.0 Å². The first kappa shape index (κ1) is 13.8. The molecule has 102 valence electrons. The van der Waals surface area contributed by atoms with Crippen molar-refractivity contribution in [3.8, 4) is 5.82 Å². The second kappa shape index (κ2) is 6.53. The lowest BCUT2D eigenvalue weighted by Gasteiger charge is -1.99. The monoisotopic (exact) mass is 288 g/mol. The maximum absolute atomic E-state index is 5.58. The summed E-state index contributed by atoms with van der Waals surface area (Å²) in [6.07, 6.45) is 6.75. The van der Waals surface area contributed by atoms with Gasteiger partial charge in [-0.3, -0.25) is 0 Å². The number of pyridine rings is 2. The van der Waals surface area contributed by atoms with Crippen molar-refractivity contribution in [2.45, 2.75) is 0 Å². The fourth-order valence-corrected chi connectivity index (χ4v) is 1.56. The van der Waals surface area contributed by atoms with Crippen molar-refractivity contribution in [1.82, 2.24) is 19.7 Å². The third-order valence-corrected chi connectivity index (χ3v) is 2.47. The molecule has 0 saturated carbocycles. The Morgan fingerprint density at radius 2 is 1.65 bits per heavy atom. The van der Waals surface area contributed by atoms with Crippen LogP contribution in [0, 0.1) is 0 Å². The summed E-state index contributed by atoms with van der Waals surface area (Å²) in [5.74, 6) is 0.736. The minimum atomic E-state index is 0.435. The molecule has 3 rings (SSSR count). The molecule has 0 aliphatic carbocycles. The average molecular weight is 289 g/mol. The van der Waals surface area contributed by atoms with Crippen molar-refractivity contribution in [3.05, 3.63) is 60.3 Å². The van der Waals surface area contributed by atoms with E-state index in [1.54, 1.807) is 47.5 Å². The quantitative estimate of drug-likeness (QED) is 0.669. The van der Waals surface area contributed by atoms with E-state index in [4.69, 9.17) is 23.1 Å². The Kier molecular flexibility index (Phi) is 4.52. The molecule has 0 aliphatic rings. The van der Waals surface area contributed by atoms with E-state index < -0.39 is 0 Å². The van der Waals surface area contributed by atoms with Crippen LogP contribution >= 0.6 is 11.6 Å². The summed E-state index contributed by atoms with van der Waals surface area (Å²) in [5, 5.41) is 4.46. The number of rotatable bonds is 1.